The summed E-state index contributed by atoms with van der Waals surface area (Å²) in [6, 6.07) is 2.44. The van der Waals surface area contributed by atoms with Crippen molar-refractivity contribution < 1.29 is 19.4 Å². The third kappa shape index (κ3) is 1.93. The van der Waals surface area contributed by atoms with Crippen molar-refractivity contribution in [2.45, 2.75) is 25.5 Å². The molecule has 1 aromatic rings. The van der Waals surface area contributed by atoms with Crippen LogP contribution in [0.2, 0.25) is 0 Å². The molecule has 0 spiro atoms. The molecule has 0 saturated heterocycles. The number of hydrogen-bond donors (Lipinski definition) is 2. The summed E-state index contributed by atoms with van der Waals surface area (Å²) in [4.78, 5) is 10.9. The van der Waals surface area contributed by atoms with Gasteiger partial charge in [0.2, 0.25) is 0 Å². The fourth-order valence-electron chi connectivity index (χ4n) is 2.05. The van der Waals surface area contributed by atoms with Gasteiger partial charge in [-0.15, -0.1) is 0 Å². The van der Waals surface area contributed by atoms with Gasteiger partial charge in [-0.2, -0.15) is 0 Å². The van der Waals surface area contributed by atoms with Gasteiger partial charge >= 0.3 is 5.97 Å². The molecule has 5 heteroatoms. The molecule has 0 bridgehead atoms. The van der Waals surface area contributed by atoms with Crippen LogP contribution < -0.4 is 15.2 Å². The third-order valence-electron chi connectivity index (χ3n) is 2.86. The summed E-state index contributed by atoms with van der Waals surface area (Å²) < 4.78 is 10.9. The Hall–Kier alpha value is -1.75. The monoisotopic (exact) mass is 237 g/mol. The molecule has 1 heterocycles. The molecule has 17 heavy (non-hydrogen) atoms. The van der Waals surface area contributed by atoms with E-state index in [-0.39, 0.29) is 6.10 Å². The van der Waals surface area contributed by atoms with Crippen LogP contribution in [0.15, 0.2) is 12.1 Å². The van der Waals surface area contributed by atoms with Crippen LogP contribution in [0.3, 0.4) is 0 Å². The molecule has 2 unspecified atom stereocenters. The van der Waals surface area contributed by atoms with Gasteiger partial charge in [0, 0.05) is 17.5 Å². The second-order valence-electron chi connectivity index (χ2n) is 4.12. The van der Waals surface area contributed by atoms with Crippen LogP contribution in [0.1, 0.15) is 24.1 Å². The Balaban J connectivity index is 2.49. The molecule has 1 aliphatic rings. The number of carboxylic acid groups (broad SMARTS) is 1. The zero-order valence-electron chi connectivity index (χ0n) is 9.77. The van der Waals surface area contributed by atoms with Gasteiger partial charge in [0.05, 0.1) is 7.11 Å². The third-order valence-corrected chi connectivity index (χ3v) is 2.86. The molecule has 0 radical (unpaired) electrons. The lowest BCUT2D eigenvalue weighted by Crippen LogP contribution is -2.21. The largest absolute Gasteiger partial charge is 0.492 e. The molecule has 3 N–H and O–H groups in total. The number of carbonyl (C=O) groups is 1. The van der Waals surface area contributed by atoms with E-state index in [9.17, 15) is 4.79 Å². The lowest BCUT2D eigenvalue weighted by atomic mass is 10.0. The van der Waals surface area contributed by atoms with Crippen molar-refractivity contribution in [3.63, 3.8) is 0 Å². The van der Waals surface area contributed by atoms with E-state index in [1.807, 2.05) is 13.0 Å². The predicted octanol–water partition coefficient (Wildman–Crippen LogP) is 1.10. The van der Waals surface area contributed by atoms with Crippen molar-refractivity contribution in [3.8, 4) is 11.5 Å². The van der Waals surface area contributed by atoms with E-state index in [0.29, 0.717) is 17.1 Å². The zero-order chi connectivity index (χ0) is 12.6. The van der Waals surface area contributed by atoms with Gasteiger partial charge in [-0.05, 0) is 6.92 Å². The van der Waals surface area contributed by atoms with Crippen molar-refractivity contribution in [1.29, 1.82) is 0 Å². The van der Waals surface area contributed by atoms with E-state index in [4.69, 9.17) is 20.3 Å². The molecular formula is C12H15NO4. The molecule has 2 atom stereocenters. The number of rotatable bonds is 3. The highest BCUT2D eigenvalue weighted by Gasteiger charge is 2.28. The lowest BCUT2D eigenvalue weighted by Gasteiger charge is -2.15. The maximum absolute atomic E-state index is 10.9. The van der Waals surface area contributed by atoms with Crippen molar-refractivity contribution in [2.24, 2.45) is 5.73 Å². The lowest BCUT2D eigenvalue weighted by molar-refractivity contribution is -0.138. The summed E-state index contributed by atoms with van der Waals surface area (Å²) in [6.07, 6.45) is 0.879. The molecule has 5 nitrogen and oxygen atoms in total. The minimum absolute atomic E-state index is 0.0789. The first-order valence-electron chi connectivity index (χ1n) is 5.39. The zero-order valence-corrected chi connectivity index (χ0v) is 9.77. The molecule has 0 aromatic heterocycles. The standard InChI is InChI=1S/C12H15NO4/c1-6-5-7-3-4-8(9(13)12(14)15)11(16-2)10(7)17-6/h3-4,6,9H,5,13H2,1-2H3,(H,14,15). The Labute approximate surface area is 99.1 Å². The molecular weight excluding hydrogens is 222 g/mol. The highest BCUT2D eigenvalue weighted by Crippen LogP contribution is 2.42. The molecule has 0 amide bonds. The fourth-order valence-corrected chi connectivity index (χ4v) is 2.05. The van der Waals surface area contributed by atoms with Gasteiger partial charge in [-0.3, -0.25) is 4.79 Å². The van der Waals surface area contributed by atoms with Gasteiger partial charge in [0.1, 0.15) is 12.1 Å². The van der Waals surface area contributed by atoms with Crippen LogP contribution in [-0.4, -0.2) is 24.3 Å². The van der Waals surface area contributed by atoms with Crippen LogP contribution in [0.25, 0.3) is 0 Å². The van der Waals surface area contributed by atoms with Crippen molar-refractivity contribution in [2.75, 3.05) is 7.11 Å². The Morgan fingerprint density at radius 2 is 2.35 bits per heavy atom. The number of ether oxygens (including phenoxy) is 2. The first-order valence-corrected chi connectivity index (χ1v) is 5.39. The smallest absolute Gasteiger partial charge is 0.325 e. The Morgan fingerprint density at radius 3 is 2.94 bits per heavy atom. The minimum Gasteiger partial charge on any atom is -0.492 e. The number of fused-ring (bicyclic) bond motifs is 1. The highest BCUT2D eigenvalue weighted by atomic mass is 16.5. The number of aliphatic carboxylic acids is 1. The number of benzene rings is 1. The van der Waals surface area contributed by atoms with E-state index in [1.165, 1.54) is 7.11 Å². The second kappa shape index (κ2) is 4.25. The number of methoxy groups -OCH3 is 1. The predicted molar refractivity (Wildman–Crippen MR) is 61.4 cm³/mol. The SMILES string of the molecule is COc1c(C(N)C(=O)O)ccc2c1OC(C)C2. The summed E-state index contributed by atoms with van der Waals surface area (Å²) in [5, 5.41) is 8.93. The van der Waals surface area contributed by atoms with Crippen LogP contribution in [0.5, 0.6) is 11.5 Å². The minimum atomic E-state index is -1.10. The quantitative estimate of drug-likeness (QED) is 0.822. The van der Waals surface area contributed by atoms with Gasteiger partial charge in [-0.1, -0.05) is 12.1 Å². The van der Waals surface area contributed by atoms with Gasteiger partial charge < -0.3 is 20.3 Å². The van der Waals surface area contributed by atoms with E-state index in [1.54, 1.807) is 6.07 Å². The number of hydrogen-bond acceptors (Lipinski definition) is 4. The Morgan fingerprint density at radius 1 is 1.65 bits per heavy atom. The molecule has 92 valence electrons. The average molecular weight is 237 g/mol. The summed E-state index contributed by atoms with van der Waals surface area (Å²) in [6.45, 7) is 1.95. The molecule has 0 fully saturated rings. The van der Waals surface area contributed by atoms with Crippen molar-refractivity contribution in [1.82, 2.24) is 0 Å². The molecule has 2 rings (SSSR count). The normalized spacial score (nSPS) is 19.4. The van der Waals surface area contributed by atoms with Gasteiger partial charge in [0.15, 0.2) is 11.5 Å². The summed E-state index contributed by atoms with van der Waals surface area (Å²) in [5.41, 5.74) is 7.07. The summed E-state index contributed by atoms with van der Waals surface area (Å²) in [7, 11) is 1.49. The second-order valence-corrected chi connectivity index (χ2v) is 4.12. The van der Waals surface area contributed by atoms with Crippen LogP contribution >= 0.6 is 0 Å². The van der Waals surface area contributed by atoms with Crippen LogP contribution in [0.4, 0.5) is 0 Å². The summed E-state index contributed by atoms with van der Waals surface area (Å²) in [5.74, 6) is -0.0368. The number of nitrogens with two attached hydrogens (primary N) is 1. The van der Waals surface area contributed by atoms with Crippen LogP contribution in [0, 0.1) is 0 Å². The highest BCUT2D eigenvalue weighted by molar-refractivity contribution is 5.77. The van der Waals surface area contributed by atoms with Crippen molar-refractivity contribution in [3.05, 3.63) is 23.3 Å². The maximum atomic E-state index is 10.9. The average Bonchev–Trinajstić information content (AvgIpc) is 2.66. The molecule has 0 aliphatic carbocycles. The topological polar surface area (TPSA) is 81.8 Å². The molecule has 1 aliphatic heterocycles. The first-order chi connectivity index (χ1) is 8.04. The Kier molecular flexibility index (Phi) is 2.93. The molecule has 1 aromatic carbocycles. The molecule has 0 saturated carbocycles. The maximum Gasteiger partial charge on any atom is 0.325 e. The van der Waals surface area contributed by atoms with Crippen LogP contribution in [-0.2, 0) is 11.2 Å². The summed E-state index contributed by atoms with van der Waals surface area (Å²) >= 11 is 0. The van der Waals surface area contributed by atoms with E-state index in [0.717, 1.165) is 12.0 Å². The fraction of sp³-hybridized carbons (Fsp3) is 0.417. The van der Waals surface area contributed by atoms with Gasteiger partial charge in [-0.25, -0.2) is 0 Å². The van der Waals surface area contributed by atoms with E-state index >= 15 is 0 Å². The van der Waals surface area contributed by atoms with Crippen molar-refractivity contribution >= 4 is 5.97 Å². The van der Waals surface area contributed by atoms with Gasteiger partial charge in [0.25, 0.3) is 0 Å². The van der Waals surface area contributed by atoms with E-state index in [2.05, 4.69) is 0 Å². The first kappa shape index (κ1) is 11.7. The van der Waals surface area contributed by atoms with E-state index < -0.39 is 12.0 Å². The Bertz CT molecular complexity index is 458. The number of carboxylic acids is 1.